The van der Waals surface area contributed by atoms with Crippen LogP contribution in [0.3, 0.4) is 0 Å². The molecule has 29 heavy (non-hydrogen) atoms. The third-order valence-electron chi connectivity index (χ3n) is 6.24. The molecule has 1 N–H and O–H groups in total. The average molecular weight is 401 g/mol. The zero-order valence-electron chi connectivity index (χ0n) is 19.6. The van der Waals surface area contributed by atoms with Crippen LogP contribution < -0.4 is 0 Å². The third kappa shape index (κ3) is 6.10. The molecule has 3 unspecified atom stereocenters. The molecule has 0 radical (unpaired) electrons. The number of esters is 1. The van der Waals surface area contributed by atoms with E-state index in [1.807, 2.05) is 12.1 Å². The Labute approximate surface area is 177 Å². The molecular formula is C26H40O3. The number of fused-ring (bicyclic) bond motifs is 2. The number of phenols is 1. The normalized spacial score (nSPS) is 23.0. The standard InChI is InChI=1S/C18H28O3.C8H12/c1-17(2,3)13-10-12(8-9-15(19)21-7)11-14(16(13)20)18(4,5)6;1-6-4-7-2-3-8(6)5-7/h10-11,20H,8-9H2,1-7H3;2-3,6-8H,4-5H2,1H3. The number of phenolic OH excluding ortho intramolecular Hbond substituents is 1. The van der Waals surface area contributed by atoms with E-state index in [4.69, 9.17) is 4.74 Å². The average Bonchev–Trinajstić information content (AvgIpc) is 3.21. The highest BCUT2D eigenvalue weighted by Gasteiger charge is 2.32. The summed E-state index contributed by atoms with van der Waals surface area (Å²) in [6.45, 7) is 14.9. The van der Waals surface area contributed by atoms with E-state index in [2.05, 4.69) is 60.6 Å². The smallest absolute Gasteiger partial charge is 0.305 e. The van der Waals surface area contributed by atoms with Gasteiger partial charge in [0.05, 0.1) is 7.11 Å². The topological polar surface area (TPSA) is 46.5 Å². The molecule has 162 valence electrons. The summed E-state index contributed by atoms with van der Waals surface area (Å²) in [5, 5.41) is 10.6. The van der Waals surface area contributed by atoms with Gasteiger partial charge < -0.3 is 9.84 Å². The highest BCUT2D eigenvalue weighted by molar-refractivity contribution is 5.69. The Hall–Kier alpha value is -1.77. The first-order chi connectivity index (χ1) is 13.3. The Balaban J connectivity index is 0.000000305. The lowest BCUT2D eigenvalue weighted by molar-refractivity contribution is -0.140. The van der Waals surface area contributed by atoms with Crippen molar-refractivity contribution in [1.82, 2.24) is 0 Å². The molecule has 0 aromatic heterocycles. The number of carbonyl (C=O) groups excluding carboxylic acids is 1. The predicted octanol–water partition coefficient (Wildman–Crippen LogP) is 6.31. The fourth-order valence-electron chi connectivity index (χ4n) is 4.39. The number of allylic oxidation sites excluding steroid dienone is 2. The van der Waals surface area contributed by atoms with Gasteiger partial charge in [-0.3, -0.25) is 4.79 Å². The van der Waals surface area contributed by atoms with Gasteiger partial charge in [-0.05, 0) is 64.5 Å². The van der Waals surface area contributed by atoms with Crippen LogP contribution in [0.1, 0.15) is 84.4 Å². The van der Waals surface area contributed by atoms with Gasteiger partial charge in [0, 0.05) is 6.42 Å². The molecule has 1 fully saturated rings. The number of aryl methyl sites for hydroxylation is 1. The third-order valence-corrected chi connectivity index (χ3v) is 6.24. The van der Waals surface area contributed by atoms with Crippen LogP contribution in [-0.2, 0) is 26.8 Å². The fourth-order valence-corrected chi connectivity index (χ4v) is 4.39. The summed E-state index contributed by atoms with van der Waals surface area (Å²) in [6, 6.07) is 4.01. The fraction of sp³-hybridized carbons (Fsp3) is 0.654. The van der Waals surface area contributed by atoms with Crippen molar-refractivity contribution in [1.29, 1.82) is 0 Å². The number of aromatic hydroxyl groups is 1. The maximum atomic E-state index is 11.3. The molecule has 3 nitrogen and oxygen atoms in total. The van der Waals surface area contributed by atoms with Crippen LogP contribution in [0.25, 0.3) is 0 Å². The molecule has 0 amide bonds. The van der Waals surface area contributed by atoms with Gasteiger partial charge in [-0.1, -0.05) is 72.8 Å². The molecule has 2 aliphatic rings. The molecule has 2 aliphatic carbocycles. The van der Waals surface area contributed by atoms with Crippen molar-refractivity contribution < 1.29 is 14.6 Å². The van der Waals surface area contributed by atoms with Crippen molar-refractivity contribution in [2.75, 3.05) is 7.11 Å². The van der Waals surface area contributed by atoms with Crippen LogP contribution in [0.5, 0.6) is 5.75 Å². The van der Waals surface area contributed by atoms with E-state index < -0.39 is 0 Å². The molecule has 0 spiro atoms. The monoisotopic (exact) mass is 400 g/mol. The predicted molar refractivity (Wildman–Crippen MR) is 120 cm³/mol. The van der Waals surface area contributed by atoms with E-state index in [9.17, 15) is 9.90 Å². The van der Waals surface area contributed by atoms with Gasteiger partial charge in [0.25, 0.3) is 0 Å². The number of ether oxygens (including phenoxy) is 1. The number of methoxy groups -OCH3 is 1. The molecule has 1 saturated carbocycles. The van der Waals surface area contributed by atoms with Crippen LogP contribution in [0.2, 0.25) is 0 Å². The molecule has 0 heterocycles. The number of benzene rings is 1. The quantitative estimate of drug-likeness (QED) is 0.477. The van der Waals surface area contributed by atoms with Crippen LogP contribution in [0.4, 0.5) is 0 Å². The Bertz CT molecular complexity index is 711. The van der Waals surface area contributed by atoms with Gasteiger partial charge in [0.15, 0.2) is 0 Å². The Morgan fingerprint density at radius 3 is 1.90 bits per heavy atom. The minimum Gasteiger partial charge on any atom is -0.507 e. The van der Waals surface area contributed by atoms with Crippen LogP contribution in [0.15, 0.2) is 24.3 Å². The zero-order chi connectivity index (χ0) is 22.0. The van der Waals surface area contributed by atoms with Crippen molar-refractivity contribution in [2.24, 2.45) is 17.8 Å². The van der Waals surface area contributed by atoms with E-state index in [1.165, 1.54) is 20.0 Å². The second-order valence-electron chi connectivity index (χ2n) is 10.9. The molecule has 0 saturated heterocycles. The molecule has 0 aliphatic heterocycles. The largest absolute Gasteiger partial charge is 0.507 e. The summed E-state index contributed by atoms with van der Waals surface area (Å²) in [7, 11) is 1.40. The first-order valence-corrected chi connectivity index (χ1v) is 10.9. The lowest BCUT2D eigenvalue weighted by Gasteiger charge is -2.28. The molecule has 3 heteroatoms. The van der Waals surface area contributed by atoms with Gasteiger partial charge >= 0.3 is 5.97 Å². The first-order valence-electron chi connectivity index (χ1n) is 10.9. The zero-order valence-corrected chi connectivity index (χ0v) is 19.6. The number of hydrogen-bond donors (Lipinski definition) is 1. The van der Waals surface area contributed by atoms with Crippen molar-refractivity contribution in [2.45, 2.75) is 85.0 Å². The number of rotatable bonds is 3. The van der Waals surface area contributed by atoms with E-state index in [0.29, 0.717) is 18.6 Å². The lowest BCUT2D eigenvalue weighted by atomic mass is 9.78. The number of hydrogen-bond acceptors (Lipinski definition) is 3. The molecule has 1 aromatic rings. The van der Waals surface area contributed by atoms with Gasteiger partial charge in [-0.15, -0.1) is 0 Å². The Morgan fingerprint density at radius 1 is 1.03 bits per heavy atom. The Morgan fingerprint density at radius 2 is 1.59 bits per heavy atom. The summed E-state index contributed by atoms with van der Waals surface area (Å²) >= 11 is 0. The first kappa shape index (κ1) is 23.5. The van der Waals surface area contributed by atoms with Crippen molar-refractivity contribution in [3.8, 4) is 5.75 Å². The van der Waals surface area contributed by atoms with Gasteiger partial charge in [0.1, 0.15) is 5.75 Å². The maximum Gasteiger partial charge on any atom is 0.305 e. The van der Waals surface area contributed by atoms with E-state index in [1.54, 1.807) is 0 Å². The number of carbonyl (C=O) groups is 1. The van der Waals surface area contributed by atoms with Gasteiger partial charge in [-0.25, -0.2) is 0 Å². The van der Waals surface area contributed by atoms with Crippen molar-refractivity contribution >= 4 is 5.97 Å². The van der Waals surface area contributed by atoms with E-state index in [-0.39, 0.29) is 16.8 Å². The summed E-state index contributed by atoms with van der Waals surface area (Å²) in [5.41, 5.74) is 2.62. The summed E-state index contributed by atoms with van der Waals surface area (Å²) in [4.78, 5) is 11.3. The Kier molecular flexibility index (Phi) is 7.24. The summed E-state index contributed by atoms with van der Waals surface area (Å²) in [5.74, 6) is 3.08. The SMILES string of the molecule is CC1CC2C=CC1C2.COC(=O)CCc1cc(C(C)(C)C)c(O)c(C(C)(C)C)c1. The summed E-state index contributed by atoms with van der Waals surface area (Å²) in [6.07, 6.45) is 8.69. The second-order valence-corrected chi connectivity index (χ2v) is 10.9. The van der Waals surface area contributed by atoms with E-state index in [0.717, 1.165) is 34.4 Å². The highest BCUT2D eigenvalue weighted by atomic mass is 16.5. The van der Waals surface area contributed by atoms with Gasteiger partial charge in [0.2, 0.25) is 0 Å². The minimum absolute atomic E-state index is 0.147. The highest BCUT2D eigenvalue weighted by Crippen LogP contribution is 2.43. The molecule has 1 aromatic carbocycles. The van der Waals surface area contributed by atoms with Crippen molar-refractivity contribution in [3.05, 3.63) is 41.0 Å². The molecule has 3 rings (SSSR count). The van der Waals surface area contributed by atoms with E-state index >= 15 is 0 Å². The van der Waals surface area contributed by atoms with Crippen molar-refractivity contribution in [3.63, 3.8) is 0 Å². The molecule has 2 bridgehead atoms. The van der Waals surface area contributed by atoms with Crippen LogP contribution in [0, 0.1) is 17.8 Å². The summed E-state index contributed by atoms with van der Waals surface area (Å²) < 4.78 is 4.70. The minimum atomic E-state index is -0.210. The molecular weight excluding hydrogens is 360 g/mol. The second kappa shape index (κ2) is 8.93. The molecule has 3 atom stereocenters. The van der Waals surface area contributed by atoms with Crippen LogP contribution >= 0.6 is 0 Å². The van der Waals surface area contributed by atoms with Crippen LogP contribution in [-0.4, -0.2) is 18.2 Å². The van der Waals surface area contributed by atoms with Gasteiger partial charge in [-0.2, -0.15) is 0 Å². The lowest BCUT2D eigenvalue weighted by Crippen LogP contribution is -2.18. The maximum absolute atomic E-state index is 11.3.